The van der Waals surface area contributed by atoms with Crippen molar-refractivity contribution in [2.24, 2.45) is 4.99 Å². The molecule has 272 valence electrons. The van der Waals surface area contributed by atoms with Gasteiger partial charge in [0.15, 0.2) is 0 Å². The number of hydrogen-bond acceptors (Lipinski definition) is 3. The number of nitrogens with one attached hydrogen (secondary N) is 2. The summed E-state index contributed by atoms with van der Waals surface area (Å²) in [5.41, 5.74) is 13.2. The second-order valence-electron chi connectivity index (χ2n) is 14.4. The van der Waals surface area contributed by atoms with Crippen LogP contribution in [0.2, 0.25) is 0 Å². The van der Waals surface area contributed by atoms with Gasteiger partial charge in [0.25, 0.3) is 0 Å². The Kier molecular flexibility index (Phi) is 8.53. The van der Waals surface area contributed by atoms with Gasteiger partial charge in [0.05, 0.1) is 11.0 Å². The van der Waals surface area contributed by atoms with E-state index in [2.05, 4.69) is 143 Å². The molecule has 0 amide bonds. The summed E-state index contributed by atoms with van der Waals surface area (Å²) in [5, 5.41) is 16.7. The SMILES string of the molecule is CC(=NC(NC(=N)c1ccccc1)c1ccccc1)c1cccc2c1oc1cc(-c3ccc4c(c3)c3cccc(-c5ccccc5)c3n4-c3ccccc3)ccc12. The highest BCUT2D eigenvalue weighted by Crippen LogP contribution is 2.41. The smallest absolute Gasteiger partial charge is 0.146 e. The van der Waals surface area contributed by atoms with E-state index in [1.54, 1.807) is 0 Å². The fourth-order valence-electron chi connectivity index (χ4n) is 8.12. The highest BCUT2D eigenvalue weighted by Gasteiger charge is 2.19. The van der Waals surface area contributed by atoms with Crippen LogP contribution in [0.5, 0.6) is 0 Å². The van der Waals surface area contributed by atoms with Crippen LogP contribution in [0.4, 0.5) is 0 Å². The fraction of sp³-hybridized carbons (Fsp3) is 0.0385. The largest absolute Gasteiger partial charge is 0.455 e. The van der Waals surface area contributed by atoms with Gasteiger partial charge < -0.3 is 14.3 Å². The molecule has 0 aliphatic rings. The topological polar surface area (TPSA) is 66.3 Å². The summed E-state index contributed by atoms with van der Waals surface area (Å²) >= 11 is 0. The lowest BCUT2D eigenvalue weighted by Crippen LogP contribution is -2.28. The zero-order valence-corrected chi connectivity index (χ0v) is 31.4. The van der Waals surface area contributed by atoms with Gasteiger partial charge in [-0.2, -0.15) is 0 Å². The molecule has 10 rings (SSSR count). The van der Waals surface area contributed by atoms with Crippen LogP contribution in [-0.4, -0.2) is 16.1 Å². The van der Waals surface area contributed by atoms with Gasteiger partial charge in [0.2, 0.25) is 0 Å². The summed E-state index contributed by atoms with van der Waals surface area (Å²) in [5.74, 6) is 0.315. The summed E-state index contributed by atoms with van der Waals surface area (Å²) in [6.07, 6.45) is -0.461. The van der Waals surface area contributed by atoms with Gasteiger partial charge in [-0.1, -0.05) is 152 Å². The molecular formula is C52H38N4O. The van der Waals surface area contributed by atoms with E-state index in [0.29, 0.717) is 5.84 Å². The Morgan fingerprint density at radius 2 is 1.23 bits per heavy atom. The molecule has 0 saturated carbocycles. The van der Waals surface area contributed by atoms with E-state index >= 15 is 0 Å². The molecule has 1 atom stereocenters. The van der Waals surface area contributed by atoms with Gasteiger partial charge in [-0.15, -0.1) is 0 Å². The molecule has 5 nitrogen and oxygen atoms in total. The van der Waals surface area contributed by atoms with Gasteiger partial charge in [-0.05, 0) is 71.6 Å². The first kappa shape index (κ1) is 34.0. The molecule has 0 bridgehead atoms. The third-order valence-electron chi connectivity index (χ3n) is 10.9. The maximum absolute atomic E-state index is 8.82. The molecular weight excluding hydrogens is 697 g/mol. The summed E-state index contributed by atoms with van der Waals surface area (Å²) < 4.78 is 9.14. The first-order chi connectivity index (χ1) is 28.1. The van der Waals surface area contributed by atoms with Crippen LogP contribution in [-0.2, 0) is 0 Å². The van der Waals surface area contributed by atoms with Crippen molar-refractivity contribution in [1.82, 2.24) is 9.88 Å². The molecule has 5 heteroatoms. The Hall–Kier alpha value is -7.50. The number of amidine groups is 1. The highest BCUT2D eigenvalue weighted by molar-refractivity contribution is 6.16. The number of aliphatic imine (C=N–C) groups is 1. The Morgan fingerprint density at radius 1 is 0.579 bits per heavy atom. The Bertz CT molecular complexity index is 3110. The van der Waals surface area contributed by atoms with Gasteiger partial charge >= 0.3 is 0 Å². The van der Waals surface area contributed by atoms with Crippen LogP contribution >= 0.6 is 0 Å². The molecule has 1 unspecified atom stereocenters. The lowest BCUT2D eigenvalue weighted by atomic mass is 9.99. The lowest BCUT2D eigenvalue weighted by molar-refractivity contribution is 0.666. The number of hydrogen-bond donors (Lipinski definition) is 2. The van der Waals surface area contributed by atoms with Crippen molar-refractivity contribution in [3.05, 3.63) is 211 Å². The van der Waals surface area contributed by atoms with E-state index < -0.39 is 6.17 Å². The Balaban J connectivity index is 1.06. The number of furan rings is 1. The number of rotatable bonds is 8. The number of para-hydroxylation sites is 3. The molecule has 0 aliphatic carbocycles. The second-order valence-corrected chi connectivity index (χ2v) is 14.4. The molecule has 0 spiro atoms. The van der Waals surface area contributed by atoms with Crippen LogP contribution in [0.25, 0.3) is 71.7 Å². The molecule has 57 heavy (non-hydrogen) atoms. The second kappa shape index (κ2) is 14.3. The predicted octanol–water partition coefficient (Wildman–Crippen LogP) is 13.1. The third-order valence-corrected chi connectivity index (χ3v) is 10.9. The van der Waals surface area contributed by atoms with Crippen LogP contribution in [0, 0.1) is 5.41 Å². The number of aromatic nitrogens is 1. The van der Waals surface area contributed by atoms with Crippen molar-refractivity contribution in [3.8, 4) is 27.9 Å². The fourth-order valence-corrected chi connectivity index (χ4v) is 8.12. The van der Waals surface area contributed by atoms with Crippen molar-refractivity contribution < 1.29 is 4.42 Å². The maximum atomic E-state index is 8.82. The van der Waals surface area contributed by atoms with Crippen LogP contribution in [0.3, 0.4) is 0 Å². The number of nitrogens with zero attached hydrogens (tertiary/aromatic N) is 2. The number of benzene rings is 8. The van der Waals surface area contributed by atoms with Gasteiger partial charge in [0, 0.05) is 49.6 Å². The quantitative estimate of drug-likeness (QED) is 0.121. The van der Waals surface area contributed by atoms with Crippen LogP contribution < -0.4 is 5.32 Å². The molecule has 0 aliphatic heterocycles. The molecule has 2 aromatic heterocycles. The van der Waals surface area contributed by atoms with E-state index in [0.717, 1.165) is 66.7 Å². The van der Waals surface area contributed by atoms with E-state index in [1.807, 2.05) is 67.6 Å². The molecule has 0 saturated heterocycles. The molecule has 0 fully saturated rings. The molecule has 10 aromatic rings. The summed E-state index contributed by atoms with van der Waals surface area (Å²) in [4.78, 5) is 5.17. The zero-order chi connectivity index (χ0) is 38.3. The Labute approximate surface area is 330 Å². The van der Waals surface area contributed by atoms with Gasteiger partial charge in [-0.25, -0.2) is 0 Å². The van der Waals surface area contributed by atoms with Gasteiger partial charge in [-0.3, -0.25) is 10.4 Å². The third kappa shape index (κ3) is 6.16. The summed E-state index contributed by atoms with van der Waals surface area (Å²) in [7, 11) is 0. The van der Waals surface area contributed by atoms with E-state index in [1.165, 1.54) is 27.4 Å². The minimum absolute atomic E-state index is 0.315. The normalized spacial score (nSPS) is 12.4. The van der Waals surface area contributed by atoms with Crippen molar-refractivity contribution in [1.29, 1.82) is 5.41 Å². The Morgan fingerprint density at radius 3 is 2.00 bits per heavy atom. The standard InChI is InChI=1S/C52H38N4O/c1-34(54-52(37-20-10-4-11-21-37)55-51(53)36-18-8-3-9-19-36)41-24-14-27-45-43-30-28-39(33-48(43)57-50(41)45)38-29-31-47-46(32-38)44-26-15-25-42(35-16-6-2-7-17-35)49(44)56(47)40-22-12-5-13-23-40/h2-33,52H,1H3,(H2,53,55). The lowest BCUT2D eigenvalue weighted by Gasteiger charge is -2.18. The van der Waals surface area contributed by atoms with Crippen molar-refractivity contribution >= 4 is 55.3 Å². The molecule has 2 heterocycles. The van der Waals surface area contributed by atoms with Crippen LogP contribution in [0.1, 0.15) is 29.8 Å². The first-order valence-corrected chi connectivity index (χ1v) is 19.2. The zero-order valence-electron chi connectivity index (χ0n) is 31.4. The average molecular weight is 735 g/mol. The molecule has 2 N–H and O–H groups in total. The first-order valence-electron chi connectivity index (χ1n) is 19.2. The molecule has 0 radical (unpaired) electrons. The predicted molar refractivity (Wildman–Crippen MR) is 237 cm³/mol. The van der Waals surface area contributed by atoms with E-state index in [4.69, 9.17) is 14.8 Å². The minimum atomic E-state index is -0.461. The summed E-state index contributed by atoms with van der Waals surface area (Å²) in [6, 6.07) is 67.2. The average Bonchev–Trinajstić information content (AvgIpc) is 3.82. The number of fused-ring (bicyclic) bond motifs is 6. The van der Waals surface area contributed by atoms with E-state index in [-0.39, 0.29) is 0 Å². The van der Waals surface area contributed by atoms with Gasteiger partial charge in [0.1, 0.15) is 23.2 Å². The summed E-state index contributed by atoms with van der Waals surface area (Å²) in [6.45, 7) is 2.02. The highest BCUT2D eigenvalue weighted by atomic mass is 16.3. The maximum Gasteiger partial charge on any atom is 0.146 e. The molecule has 8 aromatic carbocycles. The minimum Gasteiger partial charge on any atom is -0.455 e. The van der Waals surface area contributed by atoms with Crippen molar-refractivity contribution in [3.63, 3.8) is 0 Å². The van der Waals surface area contributed by atoms with E-state index in [9.17, 15) is 0 Å². The van der Waals surface area contributed by atoms with Crippen molar-refractivity contribution in [2.75, 3.05) is 0 Å². The van der Waals surface area contributed by atoms with Crippen LogP contribution in [0.15, 0.2) is 204 Å². The monoisotopic (exact) mass is 734 g/mol. The van der Waals surface area contributed by atoms with Crippen molar-refractivity contribution in [2.45, 2.75) is 13.1 Å².